The number of aliphatic hydroxyl groups is 1. The third-order valence-electron chi connectivity index (χ3n) is 4.36. The highest BCUT2D eigenvalue weighted by Crippen LogP contribution is 2.34. The van der Waals surface area contributed by atoms with Crippen molar-refractivity contribution in [1.29, 1.82) is 0 Å². The van der Waals surface area contributed by atoms with Gasteiger partial charge >= 0.3 is 0 Å². The first-order valence-electron chi connectivity index (χ1n) is 8.30. The molecule has 1 aliphatic rings. The maximum atomic E-state index is 14.4. The van der Waals surface area contributed by atoms with Crippen LogP contribution in [0.3, 0.4) is 0 Å². The molecule has 1 aromatic heterocycles. The minimum atomic E-state index is -1.22. The number of nitrogens with zero attached hydrogens (tertiary/aromatic N) is 3. The van der Waals surface area contributed by atoms with Crippen LogP contribution in [0.4, 0.5) is 8.78 Å². The lowest BCUT2D eigenvalue weighted by Crippen LogP contribution is -2.34. The first-order chi connectivity index (χ1) is 12.1. The lowest BCUT2D eigenvalue weighted by atomic mass is 9.91. The van der Waals surface area contributed by atoms with E-state index >= 15 is 0 Å². The van der Waals surface area contributed by atoms with Gasteiger partial charge in [-0.25, -0.2) is 18.4 Å². The maximum absolute atomic E-state index is 14.4. The average molecular weight is 353 g/mol. The number of halogens is 2. The number of aromatic nitrogens is 3. The Morgan fingerprint density at radius 3 is 2.84 bits per heavy atom. The van der Waals surface area contributed by atoms with Gasteiger partial charge in [0.2, 0.25) is 0 Å². The minimum Gasteiger partial charge on any atom is -0.371 e. The van der Waals surface area contributed by atoms with Gasteiger partial charge in [-0.15, -0.1) is 0 Å². The minimum absolute atomic E-state index is 0.146. The molecule has 0 saturated carbocycles. The van der Waals surface area contributed by atoms with Gasteiger partial charge in [-0.1, -0.05) is 6.07 Å². The Balaban J connectivity index is 1.87. The van der Waals surface area contributed by atoms with Gasteiger partial charge in [0, 0.05) is 12.7 Å². The van der Waals surface area contributed by atoms with E-state index < -0.39 is 36.2 Å². The molecule has 0 amide bonds. The van der Waals surface area contributed by atoms with Crippen molar-refractivity contribution in [3.8, 4) is 0 Å². The molecule has 8 heteroatoms. The molecule has 0 bridgehead atoms. The molecule has 136 valence electrons. The zero-order valence-corrected chi connectivity index (χ0v) is 13.9. The first kappa shape index (κ1) is 17.9. The highest BCUT2D eigenvalue weighted by Gasteiger charge is 2.34. The fourth-order valence-electron chi connectivity index (χ4n) is 3.09. The molecule has 0 spiro atoms. The van der Waals surface area contributed by atoms with Crippen molar-refractivity contribution in [2.45, 2.75) is 50.7 Å². The topological polar surface area (TPSA) is 69.4 Å². The molecule has 2 heterocycles. The highest BCUT2D eigenvalue weighted by atomic mass is 19.1. The summed E-state index contributed by atoms with van der Waals surface area (Å²) in [4.78, 5) is 3.80. The molecule has 1 aliphatic heterocycles. The van der Waals surface area contributed by atoms with Crippen LogP contribution in [0.1, 0.15) is 43.9 Å². The molecule has 0 unspecified atom stereocenters. The van der Waals surface area contributed by atoms with Gasteiger partial charge < -0.3 is 14.6 Å². The number of hydrogen-bond donors (Lipinski definition) is 1. The highest BCUT2D eigenvalue weighted by molar-refractivity contribution is 5.24. The summed E-state index contributed by atoms with van der Waals surface area (Å²) in [5.74, 6) is -2.24. The predicted octanol–water partition coefficient (Wildman–Crippen LogP) is 2.76. The molecule has 3 rings (SSSR count). The van der Waals surface area contributed by atoms with Gasteiger partial charge in [-0.2, -0.15) is 5.10 Å². The van der Waals surface area contributed by atoms with Crippen LogP contribution in [-0.4, -0.2) is 38.9 Å². The van der Waals surface area contributed by atoms with Gasteiger partial charge in [0.05, 0.1) is 12.0 Å². The summed E-state index contributed by atoms with van der Waals surface area (Å²) in [5.41, 5.74) is 0.146. The largest absolute Gasteiger partial charge is 0.371 e. The molecular weight excluding hydrogens is 332 g/mol. The lowest BCUT2D eigenvalue weighted by Gasteiger charge is -2.33. The standard InChI is InChI=1S/C17H21F2N3O3/c1-11(25-15-4-2-3-7-24-15)16(17(23)22-10-20-9-21-22)13-6-5-12(18)8-14(13)19/h5-6,8-11,15-17,23H,2-4,7H2,1H3/t11-,15-,16+,17-/m1/s1. The molecule has 0 aliphatic carbocycles. The number of rotatable bonds is 6. The molecule has 1 saturated heterocycles. The van der Waals surface area contributed by atoms with E-state index in [1.54, 1.807) is 6.92 Å². The zero-order valence-electron chi connectivity index (χ0n) is 13.9. The fraction of sp³-hybridized carbons (Fsp3) is 0.529. The summed E-state index contributed by atoms with van der Waals surface area (Å²) in [7, 11) is 0. The summed E-state index contributed by atoms with van der Waals surface area (Å²) in [6, 6.07) is 3.26. The monoisotopic (exact) mass is 353 g/mol. The average Bonchev–Trinajstić information content (AvgIpc) is 3.12. The Kier molecular flexibility index (Phi) is 5.72. The van der Waals surface area contributed by atoms with E-state index in [2.05, 4.69) is 10.1 Å². The Morgan fingerprint density at radius 1 is 1.36 bits per heavy atom. The predicted molar refractivity (Wildman–Crippen MR) is 84.5 cm³/mol. The smallest absolute Gasteiger partial charge is 0.158 e. The number of aliphatic hydroxyl groups excluding tert-OH is 1. The van der Waals surface area contributed by atoms with Crippen molar-refractivity contribution in [2.24, 2.45) is 0 Å². The van der Waals surface area contributed by atoms with Gasteiger partial charge in [-0.05, 0) is 37.8 Å². The van der Waals surface area contributed by atoms with Gasteiger partial charge in [0.1, 0.15) is 24.3 Å². The van der Waals surface area contributed by atoms with E-state index in [0.29, 0.717) is 6.61 Å². The molecule has 4 atom stereocenters. The molecule has 25 heavy (non-hydrogen) atoms. The van der Waals surface area contributed by atoms with Crippen LogP contribution < -0.4 is 0 Å². The maximum Gasteiger partial charge on any atom is 0.158 e. The quantitative estimate of drug-likeness (QED) is 0.865. The Labute approximate surface area is 144 Å². The summed E-state index contributed by atoms with van der Waals surface area (Å²) >= 11 is 0. The van der Waals surface area contributed by atoms with E-state index in [0.717, 1.165) is 31.4 Å². The van der Waals surface area contributed by atoms with Crippen LogP contribution in [0.25, 0.3) is 0 Å². The van der Waals surface area contributed by atoms with E-state index in [-0.39, 0.29) is 5.56 Å². The lowest BCUT2D eigenvalue weighted by molar-refractivity contribution is -0.196. The van der Waals surface area contributed by atoms with Crippen LogP contribution in [-0.2, 0) is 9.47 Å². The Hall–Kier alpha value is -1.90. The normalized spacial score (nSPS) is 21.7. The molecule has 0 radical (unpaired) electrons. The number of ether oxygens (including phenoxy) is 2. The van der Waals surface area contributed by atoms with E-state index in [1.807, 2.05) is 0 Å². The van der Waals surface area contributed by atoms with Crippen LogP contribution in [0.5, 0.6) is 0 Å². The number of benzene rings is 1. The molecule has 1 fully saturated rings. The summed E-state index contributed by atoms with van der Waals surface area (Å²) < 4.78 is 40.3. The van der Waals surface area contributed by atoms with Crippen LogP contribution in [0.2, 0.25) is 0 Å². The first-order valence-corrected chi connectivity index (χ1v) is 8.30. The van der Waals surface area contributed by atoms with Crippen molar-refractivity contribution in [1.82, 2.24) is 14.8 Å². The number of hydrogen-bond acceptors (Lipinski definition) is 5. The molecule has 1 N–H and O–H groups in total. The summed E-state index contributed by atoms with van der Waals surface area (Å²) in [5, 5.41) is 14.6. The second-order valence-corrected chi connectivity index (χ2v) is 6.12. The van der Waals surface area contributed by atoms with Crippen molar-refractivity contribution >= 4 is 0 Å². The molecular formula is C17H21F2N3O3. The van der Waals surface area contributed by atoms with Crippen LogP contribution in [0.15, 0.2) is 30.9 Å². The van der Waals surface area contributed by atoms with E-state index in [9.17, 15) is 13.9 Å². The molecule has 6 nitrogen and oxygen atoms in total. The third kappa shape index (κ3) is 4.20. The zero-order chi connectivity index (χ0) is 17.8. The molecule has 1 aromatic carbocycles. The van der Waals surface area contributed by atoms with Gasteiger partial charge in [0.15, 0.2) is 12.5 Å². The van der Waals surface area contributed by atoms with E-state index in [1.165, 1.54) is 23.4 Å². The van der Waals surface area contributed by atoms with Gasteiger partial charge in [0.25, 0.3) is 0 Å². The van der Waals surface area contributed by atoms with Gasteiger partial charge in [-0.3, -0.25) is 0 Å². The van der Waals surface area contributed by atoms with Crippen molar-refractivity contribution in [3.05, 3.63) is 48.1 Å². The van der Waals surface area contributed by atoms with Crippen molar-refractivity contribution in [2.75, 3.05) is 6.61 Å². The molecule has 2 aromatic rings. The van der Waals surface area contributed by atoms with Crippen LogP contribution in [0, 0.1) is 11.6 Å². The Morgan fingerprint density at radius 2 is 2.20 bits per heavy atom. The SMILES string of the molecule is C[C@@H](O[C@@H]1CCCCO1)[C@@H](c1ccc(F)cc1F)[C@@H](O)n1cncn1. The third-order valence-corrected chi connectivity index (χ3v) is 4.36. The van der Waals surface area contributed by atoms with Crippen molar-refractivity contribution in [3.63, 3.8) is 0 Å². The van der Waals surface area contributed by atoms with Crippen molar-refractivity contribution < 1.29 is 23.4 Å². The van der Waals surface area contributed by atoms with E-state index in [4.69, 9.17) is 9.47 Å². The summed E-state index contributed by atoms with van der Waals surface area (Å²) in [6.45, 7) is 2.34. The second kappa shape index (κ2) is 7.99. The second-order valence-electron chi connectivity index (χ2n) is 6.12. The van der Waals surface area contributed by atoms with Crippen LogP contribution >= 0.6 is 0 Å². The Bertz CT molecular complexity index is 678. The fourth-order valence-corrected chi connectivity index (χ4v) is 3.09. The summed E-state index contributed by atoms with van der Waals surface area (Å²) in [6.07, 6.45) is 3.09.